The number of carbonyl (C=O) groups is 1. The first-order valence-corrected chi connectivity index (χ1v) is 6.02. The van der Waals surface area contributed by atoms with E-state index in [1.807, 2.05) is 13.8 Å². The van der Waals surface area contributed by atoms with Crippen LogP contribution in [-0.2, 0) is 10.2 Å². The van der Waals surface area contributed by atoms with E-state index in [0.29, 0.717) is 0 Å². The minimum atomic E-state index is -4.28. The van der Waals surface area contributed by atoms with Crippen LogP contribution in [-0.4, -0.2) is 24.2 Å². The molecule has 0 spiro atoms. The van der Waals surface area contributed by atoms with Crippen LogP contribution in [0.4, 0.5) is 13.2 Å². The Morgan fingerprint density at radius 3 is 2.21 bits per heavy atom. The Labute approximate surface area is 109 Å². The maximum absolute atomic E-state index is 12.8. The van der Waals surface area contributed by atoms with Crippen molar-refractivity contribution < 1.29 is 22.7 Å². The minimum Gasteiger partial charge on any atom is -0.465 e. The molecule has 19 heavy (non-hydrogen) atoms. The fourth-order valence-corrected chi connectivity index (χ4v) is 1.73. The van der Waals surface area contributed by atoms with Crippen molar-refractivity contribution in [2.45, 2.75) is 38.3 Å². The second-order valence-corrected chi connectivity index (χ2v) is 4.00. The molecule has 1 heterocycles. The van der Waals surface area contributed by atoms with Crippen LogP contribution >= 0.6 is 0 Å². The number of carbonyl (C=O) groups excluding carboxylic acids is 1. The number of alkyl halides is 3. The van der Waals surface area contributed by atoms with Crippen molar-refractivity contribution in [2.75, 3.05) is 7.11 Å². The van der Waals surface area contributed by atoms with E-state index in [0.717, 1.165) is 6.20 Å². The van der Waals surface area contributed by atoms with Gasteiger partial charge in [-0.3, -0.25) is 4.98 Å². The Bertz CT molecular complexity index is 436. The van der Waals surface area contributed by atoms with Gasteiger partial charge >= 0.3 is 12.1 Å². The van der Waals surface area contributed by atoms with Crippen LogP contribution in [0.2, 0.25) is 0 Å². The summed E-state index contributed by atoms with van der Waals surface area (Å²) in [5.74, 6) is -0.610. The molecule has 0 aliphatic heterocycles. The molecular weight excluding hydrogens is 259 g/mol. The van der Waals surface area contributed by atoms with Crippen molar-refractivity contribution in [1.82, 2.24) is 4.98 Å². The van der Waals surface area contributed by atoms with E-state index >= 15 is 0 Å². The van der Waals surface area contributed by atoms with E-state index in [-0.39, 0.29) is 24.1 Å². The van der Waals surface area contributed by atoms with Gasteiger partial charge in [-0.2, -0.15) is 13.2 Å². The predicted molar refractivity (Wildman–Crippen MR) is 63.9 cm³/mol. The van der Waals surface area contributed by atoms with Crippen molar-refractivity contribution in [3.05, 3.63) is 29.6 Å². The monoisotopic (exact) mass is 275 g/mol. The number of hydrogen-bond acceptors (Lipinski definition) is 3. The largest absolute Gasteiger partial charge is 0.465 e. The summed E-state index contributed by atoms with van der Waals surface area (Å²) in [6.07, 6.45) is -3.05. The first-order chi connectivity index (χ1) is 8.90. The third kappa shape index (κ3) is 2.88. The molecule has 0 N–H and O–H groups in total. The zero-order chi connectivity index (χ0) is 14.7. The van der Waals surface area contributed by atoms with Gasteiger partial charge in [0.05, 0.1) is 18.4 Å². The lowest BCUT2D eigenvalue weighted by Gasteiger charge is -2.18. The lowest BCUT2D eigenvalue weighted by molar-refractivity contribution is -0.161. The molecule has 1 aliphatic rings. The summed E-state index contributed by atoms with van der Waals surface area (Å²) in [6.45, 7) is 4.00. The molecule has 2 rings (SSSR count). The molecule has 1 fully saturated rings. The van der Waals surface area contributed by atoms with Crippen molar-refractivity contribution >= 4 is 5.97 Å². The average Bonchev–Trinajstić information content (AvgIpc) is 3.21. The van der Waals surface area contributed by atoms with E-state index < -0.39 is 17.6 Å². The Hall–Kier alpha value is -1.59. The van der Waals surface area contributed by atoms with Crippen LogP contribution < -0.4 is 0 Å². The summed E-state index contributed by atoms with van der Waals surface area (Å²) >= 11 is 0. The molecule has 0 atom stereocenters. The van der Waals surface area contributed by atoms with Gasteiger partial charge in [-0.05, 0) is 25.0 Å². The Morgan fingerprint density at radius 2 is 1.89 bits per heavy atom. The molecule has 1 aromatic heterocycles. The summed E-state index contributed by atoms with van der Waals surface area (Å²) < 4.78 is 42.8. The van der Waals surface area contributed by atoms with Crippen molar-refractivity contribution in [2.24, 2.45) is 0 Å². The lowest BCUT2D eigenvalue weighted by Crippen LogP contribution is -2.29. The number of rotatable bonds is 2. The van der Waals surface area contributed by atoms with Gasteiger partial charge in [0.2, 0.25) is 0 Å². The second-order valence-electron chi connectivity index (χ2n) is 4.00. The number of nitrogens with zero attached hydrogens (tertiary/aromatic N) is 1. The van der Waals surface area contributed by atoms with E-state index in [1.165, 1.54) is 19.2 Å². The van der Waals surface area contributed by atoms with Gasteiger partial charge in [-0.1, -0.05) is 13.8 Å². The van der Waals surface area contributed by atoms with Crippen LogP contribution in [0.3, 0.4) is 0 Å². The highest BCUT2D eigenvalue weighted by Crippen LogP contribution is 2.58. The van der Waals surface area contributed by atoms with Crippen LogP contribution in [0, 0.1) is 0 Å². The Kier molecular flexibility index (Phi) is 4.55. The van der Waals surface area contributed by atoms with Gasteiger partial charge in [-0.15, -0.1) is 0 Å². The molecule has 0 bridgehead atoms. The Balaban J connectivity index is 0.000000861. The van der Waals surface area contributed by atoms with E-state index in [1.54, 1.807) is 0 Å². The standard InChI is InChI=1S/C11H10F3NO2.C2H6/c1-17-9(16)7-2-3-8(15-6-7)10(4-5-10)11(12,13)14;1-2/h2-3,6H,4-5H2,1H3;1-2H3. The zero-order valence-corrected chi connectivity index (χ0v) is 11.0. The molecule has 0 aromatic carbocycles. The van der Waals surface area contributed by atoms with Crippen molar-refractivity contribution in [3.8, 4) is 0 Å². The number of methoxy groups -OCH3 is 1. The minimum absolute atomic E-state index is 0.0300. The molecule has 0 amide bonds. The summed E-state index contributed by atoms with van der Waals surface area (Å²) in [4.78, 5) is 14.8. The van der Waals surface area contributed by atoms with E-state index in [9.17, 15) is 18.0 Å². The van der Waals surface area contributed by atoms with Crippen LogP contribution in [0.1, 0.15) is 42.7 Å². The summed E-state index contributed by atoms with van der Waals surface area (Å²) in [6, 6.07) is 2.55. The van der Waals surface area contributed by atoms with Gasteiger partial charge in [0.25, 0.3) is 0 Å². The highest BCUT2D eigenvalue weighted by Gasteiger charge is 2.65. The fourth-order valence-electron chi connectivity index (χ4n) is 1.73. The number of pyridine rings is 1. The topological polar surface area (TPSA) is 39.2 Å². The zero-order valence-electron chi connectivity index (χ0n) is 11.0. The maximum Gasteiger partial charge on any atom is 0.399 e. The first kappa shape index (κ1) is 15.5. The summed E-state index contributed by atoms with van der Waals surface area (Å²) in [5, 5.41) is 0. The lowest BCUT2D eigenvalue weighted by atomic mass is 10.0. The molecule has 0 unspecified atom stereocenters. The van der Waals surface area contributed by atoms with Crippen molar-refractivity contribution in [3.63, 3.8) is 0 Å². The molecule has 6 heteroatoms. The number of ether oxygens (including phenoxy) is 1. The van der Waals surface area contributed by atoms with Crippen molar-refractivity contribution in [1.29, 1.82) is 0 Å². The molecule has 106 valence electrons. The maximum atomic E-state index is 12.8. The smallest absolute Gasteiger partial charge is 0.399 e. The molecular formula is C13H16F3NO2. The van der Waals surface area contributed by atoms with Gasteiger partial charge < -0.3 is 4.74 Å². The van der Waals surface area contributed by atoms with Crippen LogP contribution in [0.15, 0.2) is 18.3 Å². The number of hydrogen-bond donors (Lipinski definition) is 0. The van der Waals surface area contributed by atoms with Crippen LogP contribution in [0.25, 0.3) is 0 Å². The molecule has 1 saturated carbocycles. The van der Waals surface area contributed by atoms with E-state index in [2.05, 4.69) is 9.72 Å². The predicted octanol–water partition coefficient (Wildman–Crippen LogP) is 3.49. The van der Waals surface area contributed by atoms with Gasteiger partial charge in [0.1, 0.15) is 5.41 Å². The normalized spacial score (nSPS) is 16.1. The SMILES string of the molecule is CC.COC(=O)c1ccc(C2(C(F)(F)F)CC2)nc1. The first-order valence-electron chi connectivity index (χ1n) is 6.02. The molecule has 1 aliphatic carbocycles. The average molecular weight is 275 g/mol. The second kappa shape index (κ2) is 5.59. The van der Waals surface area contributed by atoms with Gasteiger partial charge in [-0.25, -0.2) is 4.79 Å². The molecule has 3 nitrogen and oxygen atoms in total. The third-order valence-corrected chi connectivity index (χ3v) is 2.97. The number of aromatic nitrogens is 1. The van der Waals surface area contributed by atoms with E-state index in [4.69, 9.17) is 0 Å². The van der Waals surface area contributed by atoms with Gasteiger partial charge in [0.15, 0.2) is 0 Å². The quantitative estimate of drug-likeness (QED) is 0.776. The third-order valence-electron chi connectivity index (χ3n) is 2.97. The fraction of sp³-hybridized carbons (Fsp3) is 0.538. The summed E-state index contributed by atoms with van der Waals surface area (Å²) in [5.41, 5.74) is -1.69. The molecule has 1 aromatic rings. The molecule has 0 saturated heterocycles. The highest BCUT2D eigenvalue weighted by molar-refractivity contribution is 5.88. The highest BCUT2D eigenvalue weighted by atomic mass is 19.4. The van der Waals surface area contributed by atoms with Crippen LogP contribution in [0.5, 0.6) is 0 Å². The summed E-state index contributed by atoms with van der Waals surface area (Å²) in [7, 11) is 1.20. The number of esters is 1. The molecule has 0 radical (unpaired) electrons. The Morgan fingerprint density at radius 1 is 1.32 bits per heavy atom. The number of halogens is 3. The van der Waals surface area contributed by atoms with Gasteiger partial charge in [0, 0.05) is 6.20 Å².